The van der Waals surface area contributed by atoms with Crippen LogP contribution >= 0.6 is 0 Å². The normalized spacial score (nSPS) is 27.2. The molecule has 13 aliphatic rings. The van der Waals surface area contributed by atoms with Crippen LogP contribution in [0.3, 0.4) is 0 Å². The third-order valence-corrected chi connectivity index (χ3v) is 33.2. The first kappa shape index (κ1) is 103. The number of ketones is 1. The number of Topliss-reactive ketones (excluding diaryl/α,β-unsaturated/α-hetero) is 1. The summed E-state index contributed by atoms with van der Waals surface area (Å²) >= 11 is 0. The van der Waals surface area contributed by atoms with Crippen molar-refractivity contribution < 1.29 is 87.9 Å². The summed E-state index contributed by atoms with van der Waals surface area (Å²) in [6.45, 7) is 8.99. The maximum Gasteiger partial charge on any atom is 0.333 e. The number of nitrogens with zero attached hydrogens (tertiary/aromatic N) is 4. The van der Waals surface area contributed by atoms with Crippen molar-refractivity contribution in [3.05, 3.63) is 110 Å². The second-order valence-corrected chi connectivity index (χ2v) is 41.7. The molecule has 734 valence electrons. The number of imide groups is 1. The van der Waals surface area contributed by atoms with Gasteiger partial charge in [-0.3, -0.25) is 24.0 Å². The van der Waals surface area contributed by atoms with Gasteiger partial charge >= 0.3 is 17.9 Å². The molecule has 3 aromatic carbocycles. The topological polar surface area (TPSA) is 292 Å². The highest BCUT2D eigenvalue weighted by atomic mass is 16.7. The molecule has 7 aliphatic heterocycles. The molecule has 22 nitrogen and oxygen atoms in total. The number of likely N-dealkylation sites (N-methyl/N-ethyl adjacent to an activating group) is 3. The molecule has 4 saturated heterocycles. The standard InChI is InChI=1S/C36H55NO5.C34H51NO5.C22H39NO4.C18H21NO4/c1-3-4-5-6-7-8-9-10-11-12-13-14-15-16-17-18-31(39)41-29-21-22-36(40)30-25-27-19-20-28(26-38)33-32(27)35(36,34(29)42-33)23-24-37(30)2;1-3-4-5-6-7-8-9-10-11-12-13-14-15-16-29(37)39-27-19-20-34(38)28-23-25-17-18-26(24-36)31-30(25)33(34,32(27)40-31)21-22-35(28)2;1-2-3-4-5-6-7-8-9-10-11-12-13-14-15-16-17-22(26)27-23-20(24)18-19-21(23)25;1-19-7-6-17-14-10-2-3-11(9-20)15(14)23-16(17)12(21)4-5-18(17,22)13(19)8-10/h19-21,30,34,38,40H,3-18,22-26H2,1-2H3;17-19,28,32,36,38H,3-16,20-24H2,1-2H3;2-19H2,1H3;2-3,13,16,20,22H,4-9H2,1H3/t30-,34+,35+,36-;28-,32+,33+,34-;;13-,16+,17+,18-/m11.1/s1. The molecule has 5 fully saturated rings. The molecule has 3 spiro atoms. The van der Waals surface area contributed by atoms with Gasteiger partial charge in [-0.25, -0.2) is 4.79 Å². The molecule has 22 heteroatoms. The molecule has 12 atom stereocenters. The quantitative estimate of drug-likeness (QED) is 0.0174. The summed E-state index contributed by atoms with van der Waals surface area (Å²) in [6.07, 6.45) is 64.8. The van der Waals surface area contributed by atoms with E-state index in [0.717, 1.165) is 142 Å². The zero-order valence-corrected chi connectivity index (χ0v) is 81.7. The number of unbranched alkanes of at least 4 members (excludes halogenated alkanes) is 40. The van der Waals surface area contributed by atoms with E-state index in [9.17, 15) is 59.4 Å². The van der Waals surface area contributed by atoms with Crippen LogP contribution in [0.4, 0.5) is 0 Å². The van der Waals surface area contributed by atoms with Gasteiger partial charge < -0.3 is 73.9 Å². The SMILES string of the molecule is CCCCCCCCCCCCCCCC(=O)OC1=CC[C@@]2(O)[C@H]3Cc4ccc(CO)c5c4[C@@]2(CCN3C)[C@H]1O5.CCCCCCCCCCCCCCCCCC(=O)OC1=CC[C@@]2(O)[C@H]3Cc4ccc(CO)c5c4[C@@]2(CCN3C)[C@H]1O5.CCCCCCCCCCCCCCCCCC(=O)ON1C(=O)CCC1=O.CN1CC[C@]23c4c5ccc(CO)c4O[C@H]2C(=O)CC[C@@]3(O)[C@H]1C5. The lowest BCUT2D eigenvalue weighted by molar-refractivity contribution is -0.197. The second-order valence-electron chi connectivity index (χ2n) is 41.7. The van der Waals surface area contributed by atoms with E-state index >= 15 is 0 Å². The molecule has 0 unspecified atom stereocenters. The van der Waals surface area contributed by atoms with Gasteiger partial charge in [0.05, 0.1) is 52.9 Å². The summed E-state index contributed by atoms with van der Waals surface area (Å²) < 4.78 is 31.2. The molecule has 0 radical (unpaired) electrons. The fourth-order valence-electron chi connectivity index (χ4n) is 25.7. The van der Waals surface area contributed by atoms with Crippen LogP contribution in [0.5, 0.6) is 17.2 Å². The van der Waals surface area contributed by atoms with E-state index in [1.165, 1.54) is 242 Å². The van der Waals surface area contributed by atoms with Crippen molar-refractivity contribution in [2.45, 2.75) is 482 Å². The highest BCUT2D eigenvalue weighted by molar-refractivity contribution is 6.01. The largest absolute Gasteiger partial charge is 0.481 e. The fourth-order valence-corrected chi connectivity index (χ4v) is 25.7. The number of hydrogen-bond donors (Lipinski definition) is 6. The summed E-state index contributed by atoms with van der Waals surface area (Å²) in [5.41, 5.74) is 3.93. The van der Waals surface area contributed by atoms with Crippen LogP contribution < -0.4 is 14.2 Å². The zero-order valence-electron chi connectivity index (χ0n) is 81.7. The Morgan fingerprint density at radius 2 is 0.629 bits per heavy atom. The van der Waals surface area contributed by atoms with Gasteiger partial charge in [0, 0.05) is 103 Å². The minimum absolute atomic E-state index is 0.0221. The first-order valence-corrected chi connectivity index (χ1v) is 53.1. The van der Waals surface area contributed by atoms with Crippen LogP contribution in [0.15, 0.2) is 60.1 Å². The van der Waals surface area contributed by atoms with Crippen LogP contribution in [0.25, 0.3) is 0 Å². The minimum Gasteiger partial charge on any atom is -0.481 e. The van der Waals surface area contributed by atoms with E-state index < -0.39 is 69.1 Å². The summed E-state index contributed by atoms with van der Waals surface area (Å²) in [7, 11) is 6.23. The van der Waals surface area contributed by atoms with E-state index in [2.05, 4.69) is 68.7 Å². The molecule has 6 bridgehead atoms. The van der Waals surface area contributed by atoms with Gasteiger partial charge in [-0.2, -0.15) is 0 Å². The third kappa shape index (κ3) is 22.1. The molecule has 6 aliphatic carbocycles. The van der Waals surface area contributed by atoms with Gasteiger partial charge in [0.1, 0.15) is 28.8 Å². The number of hydrogen-bond acceptors (Lipinski definition) is 21. The Hall–Kier alpha value is -6.60. The molecule has 132 heavy (non-hydrogen) atoms. The van der Waals surface area contributed by atoms with Crippen LogP contribution in [0, 0.1) is 0 Å². The predicted molar refractivity (Wildman–Crippen MR) is 513 cm³/mol. The molecular formula is C110H166N4O18. The Morgan fingerprint density at radius 1 is 0.356 bits per heavy atom. The molecule has 6 N–H and O–H groups in total. The number of aliphatic hydroxyl groups is 6. The number of amides is 2. The predicted octanol–water partition coefficient (Wildman–Crippen LogP) is 20.1. The van der Waals surface area contributed by atoms with Gasteiger partial charge in [-0.15, -0.1) is 5.06 Å². The first-order chi connectivity index (χ1) is 64.1. The van der Waals surface area contributed by atoms with Crippen molar-refractivity contribution >= 4 is 35.5 Å². The summed E-state index contributed by atoms with van der Waals surface area (Å²) in [5.74, 6) is 1.49. The summed E-state index contributed by atoms with van der Waals surface area (Å²) in [6, 6.07) is 12.0. The van der Waals surface area contributed by atoms with Gasteiger partial charge in [-0.05, 0) is 134 Å². The summed E-state index contributed by atoms with van der Waals surface area (Å²) in [5, 5.41) is 66.7. The lowest BCUT2D eigenvalue weighted by Crippen LogP contribution is -2.76. The zero-order chi connectivity index (χ0) is 93.5. The number of aliphatic hydroxyl groups excluding tert-OH is 3. The number of carbonyl (C=O) groups excluding carboxylic acids is 6. The monoisotopic (exact) mass is 1830 g/mol. The minimum atomic E-state index is -0.999. The Morgan fingerprint density at radius 3 is 0.932 bits per heavy atom. The molecule has 3 aromatic rings. The van der Waals surface area contributed by atoms with Crippen LogP contribution in [-0.4, -0.2) is 180 Å². The van der Waals surface area contributed by atoms with E-state index in [1.807, 2.05) is 36.4 Å². The average Bonchev–Trinajstić information content (AvgIpc) is 1.48. The number of rotatable bonds is 52. The average molecular weight is 1830 g/mol. The maximum absolute atomic E-state index is 13.0. The maximum atomic E-state index is 13.0. The smallest absolute Gasteiger partial charge is 0.333 e. The number of carbonyl (C=O) groups is 6. The molecular weight excluding hydrogens is 1670 g/mol. The van der Waals surface area contributed by atoms with E-state index in [-0.39, 0.29) is 74.9 Å². The Labute approximate surface area is 789 Å². The Bertz CT molecular complexity index is 4380. The van der Waals surface area contributed by atoms with Crippen LogP contribution in [0.1, 0.15) is 424 Å². The summed E-state index contributed by atoms with van der Waals surface area (Å²) in [4.78, 5) is 84.5. The first-order valence-electron chi connectivity index (χ1n) is 53.1. The van der Waals surface area contributed by atoms with Crippen molar-refractivity contribution in [2.75, 3.05) is 40.8 Å². The van der Waals surface area contributed by atoms with E-state index in [1.54, 1.807) is 0 Å². The van der Waals surface area contributed by atoms with Crippen molar-refractivity contribution in [2.24, 2.45) is 0 Å². The number of ether oxygens (including phenoxy) is 5. The third-order valence-electron chi connectivity index (χ3n) is 33.2. The van der Waals surface area contributed by atoms with Crippen LogP contribution in [0.2, 0.25) is 0 Å². The number of piperidine rings is 3. The number of likely N-dealkylation sites (tertiary alicyclic amines) is 3. The lowest BCUT2D eigenvalue weighted by Gasteiger charge is -2.62. The lowest BCUT2D eigenvalue weighted by atomic mass is 9.49. The molecule has 7 heterocycles. The van der Waals surface area contributed by atoms with Gasteiger partial charge in [-0.1, -0.05) is 314 Å². The number of hydroxylamine groups is 2. The van der Waals surface area contributed by atoms with Crippen LogP contribution in [-0.2, 0) is 98.4 Å². The molecule has 1 saturated carbocycles. The van der Waals surface area contributed by atoms with Gasteiger partial charge in [0.25, 0.3) is 11.8 Å². The second kappa shape index (κ2) is 48.6. The van der Waals surface area contributed by atoms with Crippen molar-refractivity contribution in [1.82, 2.24) is 19.8 Å². The van der Waals surface area contributed by atoms with Crippen molar-refractivity contribution in [3.8, 4) is 17.2 Å². The van der Waals surface area contributed by atoms with Gasteiger partial charge in [0.15, 0.2) is 24.1 Å². The molecule has 2 amide bonds. The van der Waals surface area contributed by atoms with Gasteiger partial charge in [0.2, 0.25) is 0 Å². The molecule has 16 rings (SSSR count). The van der Waals surface area contributed by atoms with Crippen molar-refractivity contribution in [3.63, 3.8) is 0 Å². The highest BCUT2D eigenvalue weighted by Crippen LogP contribution is 2.68. The van der Waals surface area contributed by atoms with Crippen molar-refractivity contribution in [1.29, 1.82) is 0 Å². The Kier molecular flexibility index (Phi) is 37.9. The number of esters is 2. The number of benzene rings is 3. The van der Waals surface area contributed by atoms with E-state index in [0.29, 0.717) is 72.4 Å². The highest BCUT2D eigenvalue weighted by Gasteiger charge is 2.75. The Balaban J connectivity index is 0.000000154. The molecule has 0 aromatic heterocycles. The fraction of sp³-hybridized carbons (Fsp3) is 0.745. The van der Waals surface area contributed by atoms with E-state index in [4.69, 9.17) is 28.5 Å².